The van der Waals surface area contributed by atoms with Crippen LogP contribution in [0.3, 0.4) is 0 Å². The summed E-state index contributed by atoms with van der Waals surface area (Å²) in [5, 5.41) is 13.2. The Hall–Kier alpha value is -2.48. The average Bonchev–Trinajstić information content (AvgIpc) is 3.45. The summed E-state index contributed by atoms with van der Waals surface area (Å²) in [6, 6.07) is 8.30. The molecule has 1 fully saturated rings. The molecule has 0 aliphatic carbocycles. The first kappa shape index (κ1) is 19.5. The number of thiazole rings is 1. The fourth-order valence-corrected chi connectivity index (χ4v) is 5.60. The largest absolute Gasteiger partial charge is 0.338 e. The maximum atomic E-state index is 12.9. The zero-order valence-electron chi connectivity index (χ0n) is 17.2. The molecule has 5 rings (SSSR count). The number of fused-ring (bicyclic) bond motifs is 2. The van der Waals surface area contributed by atoms with E-state index >= 15 is 0 Å². The van der Waals surface area contributed by atoms with Crippen LogP contribution in [-0.4, -0.2) is 43.8 Å². The summed E-state index contributed by atoms with van der Waals surface area (Å²) < 4.78 is 3.50. The van der Waals surface area contributed by atoms with Crippen LogP contribution in [0.4, 0.5) is 4.79 Å². The van der Waals surface area contributed by atoms with Crippen molar-refractivity contribution in [3.63, 3.8) is 0 Å². The highest BCUT2D eigenvalue weighted by molar-refractivity contribution is 7.18. The number of amides is 2. The number of aryl methyl sites for hydroxylation is 2. The fourth-order valence-electron chi connectivity index (χ4n) is 4.60. The second-order valence-corrected chi connectivity index (χ2v) is 9.31. The quantitative estimate of drug-likeness (QED) is 0.626. The van der Waals surface area contributed by atoms with E-state index in [1.165, 1.54) is 24.0 Å². The molecule has 1 N–H and O–H groups in total. The minimum absolute atomic E-state index is 0.0211. The smallest absolute Gasteiger partial charge is 0.318 e. The highest BCUT2D eigenvalue weighted by Gasteiger charge is 2.34. The van der Waals surface area contributed by atoms with Crippen molar-refractivity contribution in [2.24, 2.45) is 0 Å². The Balaban J connectivity index is 1.17. The molecule has 2 aliphatic rings. The fraction of sp³-hybridized carbons (Fsp3) is 0.545. The Morgan fingerprint density at radius 3 is 3.00 bits per heavy atom. The van der Waals surface area contributed by atoms with Gasteiger partial charge in [0.2, 0.25) is 0 Å². The predicted molar refractivity (Wildman–Crippen MR) is 118 cm³/mol. The van der Waals surface area contributed by atoms with Gasteiger partial charge in [-0.05, 0) is 44.2 Å². The van der Waals surface area contributed by atoms with Gasteiger partial charge in [-0.25, -0.2) is 9.78 Å². The number of likely N-dealkylation sites (tertiary alicyclic amines) is 1. The minimum atomic E-state index is 0.0211. The van der Waals surface area contributed by atoms with Crippen LogP contribution < -0.4 is 5.32 Å². The van der Waals surface area contributed by atoms with E-state index in [9.17, 15) is 4.79 Å². The number of nitrogens with zero attached hydrogens (tertiary/aromatic N) is 5. The summed E-state index contributed by atoms with van der Waals surface area (Å²) in [5.41, 5.74) is 1.06. The zero-order valence-corrected chi connectivity index (χ0v) is 18.0. The van der Waals surface area contributed by atoms with Gasteiger partial charge in [0.25, 0.3) is 0 Å². The second kappa shape index (κ2) is 8.71. The monoisotopic (exact) mass is 424 g/mol. The minimum Gasteiger partial charge on any atom is -0.338 e. The average molecular weight is 425 g/mol. The summed E-state index contributed by atoms with van der Waals surface area (Å²) in [6.07, 6.45) is 8.36. The molecule has 1 atom stereocenters. The normalized spacial score (nSPS) is 19.1. The summed E-state index contributed by atoms with van der Waals surface area (Å²) in [5.74, 6) is 2.07. The first-order chi connectivity index (χ1) is 14.8. The van der Waals surface area contributed by atoms with E-state index in [1.807, 2.05) is 17.0 Å². The van der Waals surface area contributed by atoms with E-state index in [1.54, 1.807) is 11.3 Å². The van der Waals surface area contributed by atoms with Gasteiger partial charge < -0.3 is 14.8 Å². The van der Waals surface area contributed by atoms with E-state index in [0.29, 0.717) is 6.54 Å². The van der Waals surface area contributed by atoms with Crippen LogP contribution in [0.2, 0.25) is 0 Å². The number of urea groups is 1. The van der Waals surface area contributed by atoms with Crippen molar-refractivity contribution in [1.29, 1.82) is 0 Å². The molecule has 3 aromatic rings. The number of carbonyl (C=O) groups is 1. The van der Waals surface area contributed by atoms with E-state index < -0.39 is 0 Å². The number of aromatic nitrogens is 4. The first-order valence-electron chi connectivity index (χ1n) is 11.1. The van der Waals surface area contributed by atoms with Crippen LogP contribution >= 0.6 is 11.3 Å². The third kappa shape index (κ3) is 3.93. The molecule has 0 radical (unpaired) electrons. The molecule has 0 saturated carbocycles. The lowest BCUT2D eigenvalue weighted by atomic mass is 10.2. The number of benzene rings is 1. The third-order valence-electron chi connectivity index (χ3n) is 6.13. The van der Waals surface area contributed by atoms with Gasteiger partial charge in [-0.3, -0.25) is 0 Å². The van der Waals surface area contributed by atoms with E-state index in [-0.39, 0.29) is 12.1 Å². The molecule has 1 aromatic carbocycles. The highest BCUT2D eigenvalue weighted by atomic mass is 32.1. The zero-order chi connectivity index (χ0) is 20.3. The van der Waals surface area contributed by atoms with Gasteiger partial charge in [0.05, 0.1) is 21.3 Å². The molecule has 1 unspecified atom stereocenters. The number of nitrogens with one attached hydrogen (secondary N) is 1. The molecule has 2 aliphatic heterocycles. The van der Waals surface area contributed by atoms with Gasteiger partial charge in [0.1, 0.15) is 5.82 Å². The second-order valence-electron chi connectivity index (χ2n) is 8.20. The number of para-hydroxylation sites is 1. The Morgan fingerprint density at radius 2 is 2.07 bits per heavy atom. The maximum absolute atomic E-state index is 12.9. The van der Waals surface area contributed by atoms with Gasteiger partial charge in [0.15, 0.2) is 5.82 Å². The van der Waals surface area contributed by atoms with Crippen molar-refractivity contribution in [2.45, 2.75) is 64.0 Å². The van der Waals surface area contributed by atoms with Gasteiger partial charge in [0, 0.05) is 32.5 Å². The van der Waals surface area contributed by atoms with Crippen LogP contribution in [0.15, 0.2) is 24.3 Å². The van der Waals surface area contributed by atoms with Gasteiger partial charge in [-0.2, -0.15) is 0 Å². The summed E-state index contributed by atoms with van der Waals surface area (Å²) >= 11 is 1.74. The van der Waals surface area contributed by atoms with Crippen molar-refractivity contribution >= 4 is 27.6 Å². The lowest BCUT2D eigenvalue weighted by Gasteiger charge is -2.25. The molecule has 30 heavy (non-hydrogen) atoms. The van der Waals surface area contributed by atoms with Crippen molar-refractivity contribution in [3.05, 3.63) is 40.9 Å². The number of hydrogen-bond donors (Lipinski definition) is 1. The molecular weight excluding hydrogens is 396 g/mol. The van der Waals surface area contributed by atoms with Crippen LogP contribution in [0.1, 0.15) is 61.2 Å². The molecule has 4 heterocycles. The van der Waals surface area contributed by atoms with E-state index in [2.05, 4.69) is 37.2 Å². The SMILES string of the molecule is O=C(NCCCc1nc2ccccc2s1)N1CCCC1c1nnc2n1CCCCC2. The molecule has 7 nitrogen and oxygen atoms in total. The Labute approximate surface area is 180 Å². The summed E-state index contributed by atoms with van der Waals surface area (Å²) in [7, 11) is 0. The Kier molecular flexibility index (Phi) is 5.66. The van der Waals surface area contributed by atoms with Crippen LogP contribution in [0.5, 0.6) is 0 Å². The molecular formula is C22H28N6OS. The third-order valence-corrected chi connectivity index (χ3v) is 7.23. The van der Waals surface area contributed by atoms with Crippen LogP contribution in [-0.2, 0) is 19.4 Å². The number of hydrogen-bond acceptors (Lipinski definition) is 5. The first-order valence-corrected chi connectivity index (χ1v) is 11.9. The Morgan fingerprint density at radius 1 is 1.13 bits per heavy atom. The molecule has 0 bridgehead atoms. The standard InChI is InChI=1S/C22H28N6OS/c29-22(23-13-6-12-20-24-16-8-3-4-10-18(16)30-20)27-15-7-9-17(27)21-26-25-19-11-2-1-5-14-28(19)21/h3-4,8,10,17H,1-2,5-7,9,11-15H2,(H,23,29). The molecule has 1 saturated heterocycles. The van der Waals surface area contributed by atoms with Gasteiger partial charge >= 0.3 is 6.03 Å². The molecule has 8 heteroatoms. The van der Waals surface area contributed by atoms with Crippen molar-refractivity contribution in [3.8, 4) is 0 Å². The highest BCUT2D eigenvalue weighted by Crippen LogP contribution is 2.32. The molecule has 2 amide bonds. The Bertz CT molecular complexity index is 995. The van der Waals surface area contributed by atoms with Gasteiger partial charge in [-0.15, -0.1) is 21.5 Å². The summed E-state index contributed by atoms with van der Waals surface area (Å²) in [4.78, 5) is 19.5. The lowest BCUT2D eigenvalue weighted by molar-refractivity contribution is 0.189. The molecule has 0 spiro atoms. The predicted octanol–water partition coefficient (Wildman–Crippen LogP) is 4.09. The number of carbonyl (C=O) groups excluding carboxylic acids is 1. The van der Waals surface area contributed by atoms with E-state index in [0.717, 1.165) is 67.4 Å². The lowest BCUT2D eigenvalue weighted by Crippen LogP contribution is -2.40. The van der Waals surface area contributed by atoms with Crippen LogP contribution in [0.25, 0.3) is 10.2 Å². The van der Waals surface area contributed by atoms with Crippen molar-refractivity contribution in [2.75, 3.05) is 13.1 Å². The van der Waals surface area contributed by atoms with Gasteiger partial charge in [-0.1, -0.05) is 18.6 Å². The van der Waals surface area contributed by atoms with E-state index in [4.69, 9.17) is 0 Å². The van der Waals surface area contributed by atoms with Crippen LogP contribution in [0, 0.1) is 0 Å². The van der Waals surface area contributed by atoms with Crippen molar-refractivity contribution in [1.82, 2.24) is 30.0 Å². The topological polar surface area (TPSA) is 75.9 Å². The van der Waals surface area contributed by atoms with Crippen molar-refractivity contribution < 1.29 is 4.79 Å². The summed E-state index contributed by atoms with van der Waals surface area (Å²) in [6.45, 7) is 2.43. The molecule has 2 aromatic heterocycles. The number of rotatable bonds is 5. The maximum Gasteiger partial charge on any atom is 0.318 e. The molecule has 158 valence electrons.